The van der Waals surface area contributed by atoms with Crippen LogP contribution >= 0.6 is 27.7 Å². The third-order valence-corrected chi connectivity index (χ3v) is 6.11. The molecular formula is C12H16BrNO4S2. The highest BCUT2D eigenvalue weighted by Crippen LogP contribution is 2.23. The molecule has 1 aromatic rings. The van der Waals surface area contributed by atoms with Crippen molar-refractivity contribution in [2.75, 3.05) is 11.5 Å². The minimum absolute atomic E-state index is 0.0328. The van der Waals surface area contributed by atoms with Gasteiger partial charge in [-0.3, -0.25) is 0 Å². The van der Waals surface area contributed by atoms with Gasteiger partial charge in [0.2, 0.25) is 10.0 Å². The lowest BCUT2D eigenvalue weighted by atomic mass is 10.2. The summed E-state index contributed by atoms with van der Waals surface area (Å²) in [5.41, 5.74) is 0.0328. The minimum Gasteiger partial charge on any atom is -0.478 e. The van der Waals surface area contributed by atoms with Gasteiger partial charge in [-0.1, -0.05) is 6.92 Å². The van der Waals surface area contributed by atoms with Gasteiger partial charge in [-0.05, 0) is 46.8 Å². The number of aromatic carboxylic acids is 1. The zero-order chi connectivity index (χ0) is 15.3. The van der Waals surface area contributed by atoms with E-state index in [2.05, 4.69) is 20.7 Å². The highest BCUT2D eigenvalue weighted by molar-refractivity contribution is 9.10. The summed E-state index contributed by atoms with van der Waals surface area (Å²) >= 11 is 4.75. The summed E-state index contributed by atoms with van der Waals surface area (Å²) in [4.78, 5) is 10.9. The van der Waals surface area contributed by atoms with E-state index < -0.39 is 16.0 Å². The molecule has 0 aromatic heterocycles. The maximum atomic E-state index is 12.2. The number of rotatable bonds is 7. The Hall–Kier alpha value is -0.570. The largest absolute Gasteiger partial charge is 0.478 e. The van der Waals surface area contributed by atoms with Crippen molar-refractivity contribution in [3.05, 3.63) is 28.2 Å². The van der Waals surface area contributed by atoms with Crippen LogP contribution in [0.1, 0.15) is 24.2 Å². The van der Waals surface area contributed by atoms with Crippen LogP contribution in [0.4, 0.5) is 0 Å². The fraction of sp³-hybridized carbons (Fsp3) is 0.417. The Labute approximate surface area is 131 Å². The van der Waals surface area contributed by atoms with Crippen molar-refractivity contribution < 1.29 is 18.3 Å². The molecule has 0 amide bonds. The number of thioether (sulfide) groups is 1. The predicted octanol–water partition coefficient (Wildman–Crippen LogP) is 2.57. The van der Waals surface area contributed by atoms with Gasteiger partial charge >= 0.3 is 5.97 Å². The molecule has 0 bridgehead atoms. The minimum atomic E-state index is -3.67. The van der Waals surface area contributed by atoms with E-state index in [4.69, 9.17) is 5.11 Å². The number of benzene rings is 1. The van der Waals surface area contributed by atoms with E-state index >= 15 is 0 Å². The van der Waals surface area contributed by atoms with Gasteiger partial charge in [0, 0.05) is 16.3 Å². The van der Waals surface area contributed by atoms with Crippen molar-refractivity contribution in [2.45, 2.75) is 24.8 Å². The summed E-state index contributed by atoms with van der Waals surface area (Å²) in [6.45, 7) is 3.80. The maximum absolute atomic E-state index is 12.2. The molecule has 0 radical (unpaired) electrons. The van der Waals surface area contributed by atoms with Crippen molar-refractivity contribution in [2.24, 2.45) is 0 Å². The number of carboxylic acid groups (broad SMARTS) is 1. The van der Waals surface area contributed by atoms with Crippen molar-refractivity contribution in [3.8, 4) is 0 Å². The van der Waals surface area contributed by atoms with E-state index in [-0.39, 0.29) is 21.0 Å². The van der Waals surface area contributed by atoms with Crippen LogP contribution in [0, 0.1) is 0 Å². The number of hydrogen-bond donors (Lipinski definition) is 2. The summed E-state index contributed by atoms with van der Waals surface area (Å²) < 4.78 is 27.2. The average Bonchev–Trinajstić information content (AvgIpc) is 2.35. The number of halogens is 1. The molecule has 112 valence electrons. The van der Waals surface area contributed by atoms with Gasteiger partial charge in [0.15, 0.2) is 0 Å². The number of nitrogens with one attached hydrogen (secondary N) is 1. The van der Waals surface area contributed by atoms with Gasteiger partial charge in [0.05, 0.1) is 10.5 Å². The summed E-state index contributed by atoms with van der Waals surface area (Å²) in [7, 11) is -3.67. The van der Waals surface area contributed by atoms with Gasteiger partial charge in [0.25, 0.3) is 0 Å². The van der Waals surface area contributed by atoms with E-state index in [1.165, 1.54) is 18.2 Å². The quantitative estimate of drug-likeness (QED) is 0.757. The molecule has 0 aliphatic carbocycles. The van der Waals surface area contributed by atoms with E-state index in [1.54, 1.807) is 18.7 Å². The Morgan fingerprint density at radius 2 is 2.15 bits per heavy atom. The normalized spacial score (nSPS) is 13.2. The summed E-state index contributed by atoms with van der Waals surface area (Å²) in [5, 5.41) is 8.86. The first-order valence-corrected chi connectivity index (χ1v) is 9.34. The van der Waals surface area contributed by atoms with E-state index in [0.717, 1.165) is 5.75 Å². The van der Waals surface area contributed by atoms with Gasteiger partial charge < -0.3 is 5.11 Å². The molecule has 5 nitrogen and oxygen atoms in total. The summed E-state index contributed by atoms with van der Waals surface area (Å²) in [6.07, 6.45) is 0. The second-order valence-electron chi connectivity index (χ2n) is 4.13. The topological polar surface area (TPSA) is 83.5 Å². The first-order valence-electron chi connectivity index (χ1n) is 5.91. The molecule has 0 saturated carbocycles. The molecule has 0 fully saturated rings. The lowest BCUT2D eigenvalue weighted by molar-refractivity contribution is 0.0696. The third-order valence-electron chi connectivity index (χ3n) is 2.40. The van der Waals surface area contributed by atoms with Crippen molar-refractivity contribution in [1.29, 1.82) is 0 Å². The fourth-order valence-corrected chi connectivity index (χ4v) is 4.61. The van der Waals surface area contributed by atoms with Gasteiger partial charge in [-0.2, -0.15) is 11.8 Å². The predicted molar refractivity (Wildman–Crippen MR) is 83.9 cm³/mol. The van der Waals surface area contributed by atoms with Gasteiger partial charge in [-0.15, -0.1) is 0 Å². The second-order valence-corrected chi connectivity index (χ2v) is 7.99. The SMILES string of the molecule is CCSCC(C)NS(=O)(=O)c1ccc(C(=O)O)cc1Br. The molecule has 8 heteroatoms. The van der Waals surface area contributed by atoms with E-state index in [9.17, 15) is 13.2 Å². The zero-order valence-corrected chi connectivity index (χ0v) is 14.3. The molecule has 0 spiro atoms. The van der Waals surface area contributed by atoms with Crippen LogP contribution in [0.5, 0.6) is 0 Å². The molecule has 1 unspecified atom stereocenters. The Morgan fingerprint density at radius 1 is 1.50 bits per heavy atom. The van der Waals surface area contributed by atoms with Crippen molar-refractivity contribution in [1.82, 2.24) is 4.72 Å². The maximum Gasteiger partial charge on any atom is 0.335 e. The number of carboxylic acids is 1. The van der Waals surface area contributed by atoms with Crippen molar-refractivity contribution >= 4 is 43.7 Å². The van der Waals surface area contributed by atoms with E-state index in [1.807, 2.05) is 6.92 Å². The highest BCUT2D eigenvalue weighted by Gasteiger charge is 2.21. The summed E-state index contributed by atoms with van der Waals surface area (Å²) in [6, 6.07) is 3.64. The highest BCUT2D eigenvalue weighted by atomic mass is 79.9. The Balaban J connectivity index is 2.95. The molecular weight excluding hydrogens is 366 g/mol. The number of carbonyl (C=O) groups is 1. The molecule has 1 rings (SSSR count). The summed E-state index contributed by atoms with van der Waals surface area (Å²) in [5.74, 6) is 0.499. The molecule has 1 atom stereocenters. The van der Waals surface area contributed by atoms with Gasteiger partial charge in [0.1, 0.15) is 0 Å². The number of sulfonamides is 1. The molecule has 1 aromatic carbocycles. The molecule has 2 N–H and O–H groups in total. The Kier molecular flexibility index (Phi) is 6.50. The first kappa shape index (κ1) is 17.5. The zero-order valence-electron chi connectivity index (χ0n) is 11.1. The fourth-order valence-electron chi connectivity index (χ4n) is 1.51. The lowest BCUT2D eigenvalue weighted by Crippen LogP contribution is -2.34. The van der Waals surface area contributed by atoms with Crippen LogP contribution in [0.25, 0.3) is 0 Å². The van der Waals surface area contributed by atoms with Crippen LogP contribution in [0.15, 0.2) is 27.6 Å². The van der Waals surface area contributed by atoms with Crippen LogP contribution in [-0.2, 0) is 10.0 Å². The van der Waals surface area contributed by atoms with Crippen LogP contribution in [0.3, 0.4) is 0 Å². The molecule has 0 aliphatic heterocycles. The third kappa shape index (κ3) is 4.76. The monoisotopic (exact) mass is 381 g/mol. The Morgan fingerprint density at radius 3 is 2.65 bits per heavy atom. The molecule has 0 aliphatic rings. The molecule has 20 heavy (non-hydrogen) atoms. The van der Waals surface area contributed by atoms with Crippen molar-refractivity contribution in [3.63, 3.8) is 0 Å². The second kappa shape index (κ2) is 7.44. The molecule has 0 saturated heterocycles. The number of hydrogen-bond acceptors (Lipinski definition) is 4. The van der Waals surface area contributed by atoms with Crippen LogP contribution in [0.2, 0.25) is 0 Å². The van der Waals surface area contributed by atoms with Crippen LogP contribution in [-0.4, -0.2) is 37.0 Å². The lowest BCUT2D eigenvalue weighted by Gasteiger charge is -2.14. The standard InChI is InChI=1S/C12H16BrNO4S2/c1-3-19-7-8(2)14-20(17,18)11-5-4-9(12(15)16)6-10(11)13/h4-6,8,14H,3,7H2,1-2H3,(H,15,16). The Bertz CT molecular complexity index is 589. The van der Waals surface area contributed by atoms with Crippen LogP contribution < -0.4 is 4.72 Å². The van der Waals surface area contributed by atoms with Gasteiger partial charge in [-0.25, -0.2) is 17.9 Å². The average molecular weight is 382 g/mol. The first-order chi connectivity index (χ1) is 9.27. The molecule has 0 heterocycles. The van der Waals surface area contributed by atoms with E-state index in [0.29, 0.717) is 5.75 Å². The smallest absolute Gasteiger partial charge is 0.335 e.